The second kappa shape index (κ2) is 8.09. The maximum Gasteiger partial charge on any atom is 0.415 e. The van der Waals surface area contributed by atoms with Crippen molar-refractivity contribution < 1.29 is 9.53 Å². The smallest absolute Gasteiger partial charge is 0.409 e. The Balaban J connectivity index is 1.58. The minimum Gasteiger partial charge on any atom is -0.409 e. The second-order valence-corrected chi connectivity index (χ2v) is 8.10. The number of ether oxygens (including phenoxy) is 1. The van der Waals surface area contributed by atoms with E-state index in [1.54, 1.807) is 12.1 Å². The third kappa shape index (κ3) is 4.23. The van der Waals surface area contributed by atoms with Gasteiger partial charge in [0.15, 0.2) is 5.75 Å². The molecule has 2 bridgehead atoms. The van der Waals surface area contributed by atoms with Gasteiger partial charge in [0.25, 0.3) is 0 Å². The second-order valence-electron chi connectivity index (χ2n) is 7.26. The van der Waals surface area contributed by atoms with Crippen LogP contribution in [-0.4, -0.2) is 41.6 Å². The number of halogens is 2. The van der Waals surface area contributed by atoms with Crippen LogP contribution in [-0.2, 0) is 6.54 Å². The van der Waals surface area contributed by atoms with Gasteiger partial charge >= 0.3 is 6.09 Å². The van der Waals surface area contributed by atoms with Gasteiger partial charge in [-0.1, -0.05) is 47.5 Å². The van der Waals surface area contributed by atoms with E-state index in [9.17, 15) is 4.79 Å². The summed E-state index contributed by atoms with van der Waals surface area (Å²) < 4.78 is 5.67. The lowest BCUT2D eigenvalue weighted by molar-refractivity contribution is 0.00936. The van der Waals surface area contributed by atoms with Crippen LogP contribution in [0.5, 0.6) is 5.75 Å². The Morgan fingerprint density at radius 3 is 2.41 bits per heavy atom. The molecule has 3 fully saturated rings. The van der Waals surface area contributed by atoms with Gasteiger partial charge in [-0.25, -0.2) is 4.79 Å². The number of carbonyl (C=O) groups is 1. The molecule has 3 aliphatic rings. The first-order valence-electron chi connectivity index (χ1n) is 9.30. The van der Waals surface area contributed by atoms with E-state index in [-0.39, 0.29) is 12.1 Å². The lowest BCUT2D eigenvalue weighted by Crippen LogP contribution is -2.58. The molecule has 1 atom stereocenters. The summed E-state index contributed by atoms with van der Waals surface area (Å²) in [7, 11) is 0. The van der Waals surface area contributed by atoms with E-state index < -0.39 is 0 Å². The molecule has 0 unspecified atom stereocenters. The highest BCUT2D eigenvalue weighted by atomic mass is 35.5. The SMILES string of the molecule is O=C(Oc1ccccc1Cl)N(Cc1ccc(Cl)cc1)[C@H]1CN2CCC1CC2. The molecule has 0 spiro atoms. The topological polar surface area (TPSA) is 32.8 Å². The zero-order chi connectivity index (χ0) is 18.8. The Kier molecular flexibility index (Phi) is 5.58. The van der Waals surface area contributed by atoms with E-state index >= 15 is 0 Å². The average molecular weight is 405 g/mol. The fourth-order valence-electron chi connectivity index (χ4n) is 4.07. The first-order chi connectivity index (χ1) is 13.1. The van der Waals surface area contributed by atoms with E-state index in [0.29, 0.717) is 28.3 Å². The van der Waals surface area contributed by atoms with E-state index in [4.69, 9.17) is 27.9 Å². The van der Waals surface area contributed by atoms with Crippen LogP contribution in [0.15, 0.2) is 48.5 Å². The summed E-state index contributed by atoms with van der Waals surface area (Å²) in [4.78, 5) is 17.4. The molecule has 0 saturated carbocycles. The maximum absolute atomic E-state index is 13.1. The number of para-hydroxylation sites is 1. The van der Waals surface area contributed by atoms with Crippen LogP contribution in [0.1, 0.15) is 18.4 Å². The summed E-state index contributed by atoms with van der Waals surface area (Å²) in [6, 6.07) is 14.8. The number of rotatable bonds is 4. The van der Waals surface area contributed by atoms with Crippen molar-refractivity contribution >= 4 is 29.3 Å². The fourth-order valence-corrected chi connectivity index (χ4v) is 4.37. The lowest BCUT2D eigenvalue weighted by Gasteiger charge is -2.48. The molecular formula is C21H22Cl2N2O2. The quantitative estimate of drug-likeness (QED) is 0.711. The number of benzene rings is 2. The van der Waals surface area contributed by atoms with Gasteiger partial charge in [0.05, 0.1) is 11.1 Å². The highest BCUT2D eigenvalue weighted by molar-refractivity contribution is 6.32. The van der Waals surface area contributed by atoms with Crippen molar-refractivity contribution in [3.05, 3.63) is 64.1 Å². The van der Waals surface area contributed by atoms with Crippen LogP contribution >= 0.6 is 23.2 Å². The van der Waals surface area contributed by atoms with Crippen LogP contribution < -0.4 is 4.74 Å². The molecule has 3 aliphatic heterocycles. The molecule has 0 aromatic heterocycles. The molecule has 3 heterocycles. The van der Waals surface area contributed by atoms with Gasteiger partial charge in [-0.3, -0.25) is 4.90 Å². The van der Waals surface area contributed by atoms with Crippen LogP contribution in [0.25, 0.3) is 0 Å². The number of piperidine rings is 3. The number of nitrogens with zero attached hydrogens (tertiary/aromatic N) is 2. The van der Waals surface area contributed by atoms with Crippen molar-refractivity contribution in [2.24, 2.45) is 5.92 Å². The first-order valence-corrected chi connectivity index (χ1v) is 10.1. The summed E-state index contributed by atoms with van der Waals surface area (Å²) >= 11 is 12.2. The minimum atomic E-state index is -0.350. The van der Waals surface area contributed by atoms with Crippen molar-refractivity contribution in [2.75, 3.05) is 19.6 Å². The Labute approximate surface area is 169 Å². The number of hydrogen-bond acceptors (Lipinski definition) is 3. The molecular weight excluding hydrogens is 383 g/mol. The molecule has 6 heteroatoms. The van der Waals surface area contributed by atoms with Gasteiger partial charge in [-0.05, 0) is 61.7 Å². The Morgan fingerprint density at radius 1 is 1.07 bits per heavy atom. The molecule has 2 aromatic carbocycles. The third-order valence-electron chi connectivity index (χ3n) is 5.56. The predicted octanol–water partition coefficient (Wildman–Crippen LogP) is 5.09. The lowest BCUT2D eigenvalue weighted by atomic mass is 9.83. The molecule has 27 heavy (non-hydrogen) atoms. The number of fused-ring (bicyclic) bond motifs is 3. The van der Waals surface area contributed by atoms with Gasteiger partial charge in [-0.2, -0.15) is 0 Å². The van der Waals surface area contributed by atoms with Crippen molar-refractivity contribution in [3.63, 3.8) is 0 Å². The van der Waals surface area contributed by atoms with E-state index in [2.05, 4.69) is 4.90 Å². The van der Waals surface area contributed by atoms with Crippen LogP contribution in [0.2, 0.25) is 10.0 Å². The van der Waals surface area contributed by atoms with E-state index in [0.717, 1.165) is 38.0 Å². The van der Waals surface area contributed by atoms with Crippen LogP contribution in [0.3, 0.4) is 0 Å². The fraction of sp³-hybridized carbons (Fsp3) is 0.381. The third-order valence-corrected chi connectivity index (χ3v) is 6.12. The Hall–Kier alpha value is -1.75. The first kappa shape index (κ1) is 18.6. The number of amides is 1. The van der Waals surface area contributed by atoms with Crippen LogP contribution in [0.4, 0.5) is 4.79 Å². The number of hydrogen-bond donors (Lipinski definition) is 0. The maximum atomic E-state index is 13.1. The monoisotopic (exact) mass is 404 g/mol. The molecule has 0 N–H and O–H groups in total. The normalized spacial score (nSPS) is 23.9. The van der Waals surface area contributed by atoms with Gasteiger partial charge in [-0.15, -0.1) is 0 Å². The van der Waals surface area contributed by atoms with Crippen molar-refractivity contribution in [1.82, 2.24) is 9.80 Å². The highest BCUT2D eigenvalue weighted by Gasteiger charge is 2.40. The van der Waals surface area contributed by atoms with E-state index in [1.807, 2.05) is 41.3 Å². The molecule has 3 saturated heterocycles. The minimum absolute atomic E-state index is 0.151. The molecule has 142 valence electrons. The van der Waals surface area contributed by atoms with E-state index in [1.165, 1.54) is 0 Å². The summed E-state index contributed by atoms with van der Waals surface area (Å²) in [6.07, 6.45) is 1.90. The Bertz CT molecular complexity index is 804. The standard InChI is InChI=1S/C21H22Cl2N2O2/c22-17-7-5-15(6-8-17)13-25(19-14-24-11-9-16(19)10-12-24)21(26)27-20-4-2-1-3-18(20)23/h1-8,16,19H,9-14H2/t19-/m0/s1. The molecule has 0 radical (unpaired) electrons. The van der Waals surface area contributed by atoms with Crippen LogP contribution in [0, 0.1) is 5.92 Å². The number of carbonyl (C=O) groups excluding carboxylic acids is 1. The van der Waals surface area contributed by atoms with Crippen molar-refractivity contribution in [2.45, 2.75) is 25.4 Å². The highest BCUT2D eigenvalue weighted by Crippen LogP contribution is 2.33. The molecule has 5 rings (SSSR count). The molecule has 0 aliphatic carbocycles. The summed E-state index contributed by atoms with van der Waals surface area (Å²) in [5, 5.41) is 1.12. The zero-order valence-corrected chi connectivity index (χ0v) is 16.5. The van der Waals surface area contributed by atoms with Crippen molar-refractivity contribution in [3.8, 4) is 5.75 Å². The average Bonchev–Trinajstić information content (AvgIpc) is 2.70. The Morgan fingerprint density at radius 2 is 1.78 bits per heavy atom. The van der Waals surface area contributed by atoms with Gasteiger partial charge in [0, 0.05) is 18.1 Å². The van der Waals surface area contributed by atoms with Gasteiger partial charge < -0.3 is 9.64 Å². The predicted molar refractivity (Wildman–Crippen MR) is 107 cm³/mol. The largest absolute Gasteiger partial charge is 0.415 e. The zero-order valence-electron chi connectivity index (χ0n) is 15.0. The molecule has 1 amide bonds. The molecule has 4 nitrogen and oxygen atoms in total. The van der Waals surface area contributed by atoms with Crippen molar-refractivity contribution in [1.29, 1.82) is 0 Å². The summed E-state index contributed by atoms with van der Waals surface area (Å²) in [5.41, 5.74) is 1.03. The summed E-state index contributed by atoms with van der Waals surface area (Å²) in [5.74, 6) is 0.910. The van der Waals surface area contributed by atoms with Gasteiger partial charge in [0.1, 0.15) is 0 Å². The van der Waals surface area contributed by atoms with Gasteiger partial charge in [0.2, 0.25) is 0 Å². The summed E-state index contributed by atoms with van der Waals surface area (Å²) in [6.45, 7) is 3.64. The molecule has 2 aromatic rings.